The molecule has 2 aromatic heterocycles. The van der Waals surface area contributed by atoms with Crippen LogP contribution in [-0.2, 0) is 0 Å². The SMILES string of the molecule is CC(C)c1cc2c[nH]cc2nn1. The van der Waals surface area contributed by atoms with Crippen LogP contribution in [-0.4, -0.2) is 15.2 Å². The van der Waals surface area contributed by atoms with Gasteiger partial charge in [-0.25, -0.2) is 0 Å². The van der Waals surface area contributed by atoms with Crippen molar-refractivity contribution >= 4 is 10.9 Å². The Morgan fingerprint density at radius 1 is 1.25 bits per heavy atom. The normalized spacial score (nSPS) is 11.2. The second-order valence-electron chi connectivity index (χ2n) is 3.22. The van der Waals surface area contributed by atoms with Crippen LogP contribution in [0.2, 0.25) is 0 Å². The van der Waals surface area contributed by atoms with Gasteiger partial charge in [0.2, 0.25) is 0 Å². The Hall–Kier alpha value is -1.38. The first kappa shape index (κ1) is 7.28. The molecule has 0 saturated carbocycles. The lowest BCUT2D eigenvalue weighted by Crippen LogP contribution is -1.93. The summed E-state index contributed by atoms with van der Waals surface area (Å²) in [5, 5.41) is 9.32. The van der Waals surface area contributed by atoms with Crippen LogP contribution in [0.15, 0.2) is 18.5 Å². The summed E-state index contributed by atoms with van der Waals surface area (Å²) in [7, 11) is 0. The molecule has 0 aliphatic rings. The number of rotatable bonds is 1. The van der Waals surface area contributed by atoms with Crippen LogP contribution < -0.4 is 0 Å². The van der Waals surface area contributed by atoms with Gasteiger partial charge in [0.1, 0.15) is 5.52 Å². The maximum absolute atomic E-state index is 4.11. The van der Waals surface area contributed by atoms with E-state index in [4.69, 9.17) is 0 Å². The van der Waals surface area contributed by atoms with E-state index >= 15 is 0 Å². The average Bonchev–Trinajstić information content (AvgIpc) is 2.49. The standard InChI is InChI=1S/C9H11N3/c1-6(2)8-3-7-4-10-5-9(7)12-11-8/h3-6,10H,1-2H3. The summed E-state index contributed by atoms with van der Waals surface area (Å²) in [6.07, 6.45) is 3.79. The second kappa shape index (κ2) is 2.59. The monoisotopic (exact) mass is 161 g/mol. The smallest absolute Gasteiger partial charge is 0.110 e. The first-order valence-corrected chi connectivity index (χ1v) is 4.07. The van der Waals surface area contributed by atoms with Gasteiger partial charge >= 0.3 is 0 Å². The lowest BCUT2D eigenvalue weighted by atomic mass is 10.1. The summed E-state index contributed by atoms with van der Waals surface area (Å²) >= 11 is 0. The minimum atomic E-state index is 0.441. The fourth-order valence-electron chi connectivity index (χ4n) is 1.15. The Morgan fingerprint density at radius 2 is 2.08 bits per heavy atom. The molecule has 2 aromatic rings. The van der Waals surface area contributed by atoms with Crippen molar-refractivity contribution in [1.29, 1.82) is 0 Å². The summed E-state index contributed by atoms with van der Waals surface area (Å²) in [4.78, 5) is 3.00. The van der Waals surface area contributed by atoms with Gasteiger partial charge in [-0.2, -0.15) is 5.10 Å². The quantitative estimate of drug-likeness (QED) is 0.695. The van der Waals surface area contributed by atoms with E-state index in [-0.39, 0.29) is 0 Å². The van der Waals surface area contributed by atoms with Crippen molar-refractivity contribution in [2.45, 2.75) is 19.8 Å². The molecule has 0 amide bonds. The molecular weight excluding hydrogens is 150 g/mol. The highest BCUT2D eigenvalue weighted by molar-refractivity contribution is 5.77. The number of hydrogen-bond acceptors (Lipinski definition) is 2. The van der Waals surface area contributed by atoms with Gasteiger partial charge in [-0.05, 0) is 12.0 Å². The molecule has 2 rings (SSSR count). The molecular formula is C9H11N3. The number of aromatic amines is 1. The molecule has 3 heteroatoms. The molecule has 0 radical (unpaired) electrons. The molecule has 0 aromatic carbocycles. The summed E-state index contributed by atoms with van der Waals surface area (Å²) < 4.78 is 0. The third-order valence-electron chi connectivity index (χ3n) is 1.92. The summed E-state index contributed by atoms with van der Waals surface area (Å²) in [6.45, 7) is 4.23. The minimum Gasteiger partial charge on any atom is -0.365 e. The van der Waals surface area contributed by atoms with E-state index in [1.54, 1.807) is 0 Å². The first-order chi connectivity index (χ1) is 5.77. The van der Waals surface area contributed by atoms with Gasteiger partial charge in [0.05, 0.1) is 5.69 Å². The van der Waals surface area contributed by atoms with E-state index in [0.29, 0.717) is 5.92 Å². The molecule has 0 spiro atoms. The van der Waals surface area contributed by atoms with E-state index in [9.17, 15) is 0 Å². The molecule has 0 atom stereocenters. The number of aromatic nitrogens is 3. The summed E-state index contributed by atoms with van der Waals surface area (Å²) in [5.41, 5.74) is 1.97. The van der Waals surface area contributed by atoms with Gasteiger partial charge in [-0.1, -0.05) is 13.8 Å². The predicted molar refractivity (Wildman–Crippen MR) is 48.0 cm³/mol. The molecule has 0 fully saturated rings. The topological polar surface area (TPSA) is 41.6 Å². The zero-order valence-corrected chi connectivity index (χ0v) is 7.20. The number of H-pyrrole nitrogens is 1. The van der Waals surface area contributed by atoms with Gasteiger partial charge in [0.25, 0.3) is 0 Å². The first-order valence-electron chi connectivity index (χ1n) is 4.07. The highest BCUT2D eigenvalue weighted by Crippen LogP contribution is 2.15. The third kappa shape index (κ3) is 1.07. The maximum Gasteiger partial charge on any atom is 0.110 e. The summed E-state index contributed by atoms with van der Waals surface area (Å²) in [6, 6.07) is 2.07. The number of nitrogens with one attached hydrogen (secondary N) is 1. The third-order valence-corrected chi connectivity index (χ3v) is 1.92. The summed E-state index contributed by atoms with van der Waals surface area (Å²) in [5.74, 6) is 0.441. The molecule has 12 heavy (non-hydrogen) atoms. The van der Waals surface area contributed by atoms with Gasteiger partial charge in [-0.3, -0.25) is 0 Å². The molecule has 62 valence electrons. The van der Waals surface area contributed by atoms with Crippen molar-refractivity contribution in [3.05, 3.63) is 24.2 Å². The molecule has 2 heterocycles. The lowest BCUT2D eigenvalue weighted by molar-refractivity contribution is 0.795. The highest BCUT2D eigenvalue weighted by Gasteiger charge is 2.03. The van der Waals surface area contributed by atoms with Crippen LogP contribution in [0.4, 0.5) is 0 Å². The highest BCUT2D eigenvalue weighted by atomic mass is 15.1. The van der Waals surface area contributed by atoms with Crippen molar-refractivity contribution < 1.29 is 0 Å². The number of nitrogens with zero attached hydrogens (tertiary/aromatic N) is 2. The Labute approximate surface area is 70.8 Å². The van der Waals surface area contributed by atoms with Gasteiger partial charge < -0.3 is 4.98 Å². The maximum atomic E-state index is 4.11. The van der Waals surface area contributed by atoms with Gasteiger partial charge in [-0.15, -0.1) is 5.10 Å². The second-order valence-corrected chi connectivity index (χ2v) is 3.22. The number of fused-ring (bicyclic) bond motifs is 1. The zero-order chi connectivity index (χ0) is 8.55. The lowest BCUT2D eigenvalue weighted by Gasteiger charge is -2.01. The number of hydrogen-bond donors (Lipinski definition) is 1. The van der Waals surface area contributed by atoms with E-state index < -0.39 is 0 Å². The van der Waals surface area contributed by atoms with Crippen molar-refractivity contribution in [2.24, 2.45) is 0 Å². The fraction of sp³-hybridized carbons (Fsp3) is 0.333. The van der Waals surface area contributed by atoms with Crippen LogP contribution in [0, 0.1) is 0 Å². The van der Waals surface area contributed by atoms with E-state index in [0.717, 1.165) is 16.6 Å². The predicted octanol–water partition coefficient (Wildman–Crippen LogP) is 2.08. The van der Waals surface area contributed by atoms with Gasteiger partial charge in [0.15, 0.2) is 0 Å². The zero-order valence-electron chi connectivity index (χ0n) is 7.20. The molecule has 1 N–H and O–H groups in total. The molecule has 0 aliphatic heterocycles. The Kier molecular flexibility index (Phi) is 1.57. The van der Waals surface area contributed by atoms with E-state index in [2.05, 4.69) is 35.1 Å². The average molecular weight is 161 g/mol. The largest absolute Gasteiger partial charge is 0.365 e. The van der Waals surface area contributed by atoms with Crippen molar-refractivity contribution in [3.63, 3.8) is 0 Å². The molecule has 0 bridgehead atoms. The van der Waals surface area contributed by atoms with Gasteiger partial charge in [0, 0.05) is 17.8 Å². The van der Waals surface area contributed by atoms with Crippen LogP contribution >= 0.6 is 0 Å². The molecule has 3 nitrogen and oxygen atoms in total. The molecule has 0 unspecified atom stereocenters. The minimum absolute atomic E-state index is 0.441. The van der Waals surface area contributed by atoms with Crippen molar-refractivity contribution in [2.75, 3.05) is 0 Å². The van der Waals surface area contributed by atoms with Crippen molar-refractivity contribution in [3.8, 4) is 0 Å². The Bertz CT molecular complexity index is 389. The van der Waals surface area contributed by atoms with E-state index in [1.165, 1.54) is 0 Å². The van der Waals surface area contributed by atoms with E-state index in [1.807, 2.05) is 12.4 Å². The molecule has 0 saturated heterocycles. The van der Waals surface area contributed by atoms with Crippen LogP contribution in [0.5, 0.6) is 0 Å². The fourth-order valence-corrected chi connectivity index (χ4v) is 1.15. The van der Waals surface area contributed by atoms with Crippen molar-refractivity contribution in [1.82, 2.24) is 15.2 Å². The molecule has 0 aliphatic carbocycles. The Morgan fingerprint density at radius 3 is 2.83 bits per heavy atom. The Balaban J connectivity index is 2.60. The van der Waals surface area contributed by atoms with Crippen LogP contribution in [0.3, 0.4) is 0 Å². The van der Waals surface area contributed by atoms with Crippen LogP contribution in [0.1, 0.15) is 25.5 Å². The van der Waals surface area contributed by atoms with Crippen LogP contribution in [0.25, 0.3) is 10.9 Å².